The summed E-state index contributed by atoms with van der Waals surface area (Å²) in [6.45, 7) is 0.735. The van der Waals surface area contributed by atoms with Crippen LogP contribution in [0.1, 0.15) is 22.3 Å². The average molecular weight is 333 g/mol. The van der Waals surface area contributed by atoms with Gasteiger partial charge in [-0.15, -0.1) is 0 Å². The van der Waals surface area contributed by atoms with Crippen LogP contribution in [0.3, 0.4) is 0 Å². The second-order valence-corrected chi connectivity index (χ2v) is 6.05. The van der Waals surface area contributed by atoms with Crippen LogP contribution in [0.25, 0.3) is 5.69 Å². The SMILES string of the molecule is COc1ccc2c(c1)CCCN2C(=O)c1ccc(-n2cccn2)cc1. The molecule has 0 unspecified atom stereocenters. The lowest BCUT2D eigenvalue weighted by Gasteiger charge is -2.30. The molecule has 1 amide bonds. The molecular weight excluding hydrogens is 314 g/mol. The standard InChI is InChI=1S/C20H19N3O2/c1-25-18-9-10-19-16(14-18)4-2-12-22(19)20(24)15-5-7-17(8-6-15)23-13-3-11-21-23/h3,5-11,13-14H,2,4,12H2,1H3. The molecule has 25 heavy (non-hydrogen) atoms. The van der Waals surface area contributed by atoms with Crippen molar-refractivity contribution in [2.75, 3.05) is 18.6 Å². The number of carbonyl (C=O) groups is 1. The topological polar surface area (TPSA) is 47.4 Å². The molecule has 2 heterocycles. The molecule has 1 aliphatic rings. The maximum atomic E-state index is 13.0. The first-order chi connectivity index (χ1) is 12.3. The Labute approximate surface area is 146 Å². The quantitative estimate of drug-likeness (QED) is 0.737. The summed E-state index contributed by atoms with van der Waals surface area (Å²) in [6.07, 6.45) is 5.54. The summed E-state index contributed by atoms with van der Waals surface area (Å²) in [6, 6.07) is 15.3. The second-order valence-electron chi connectivity index (χ2n) is 6.05. The molecule has 0 saturated carbocycles. The minimum absolute atomic E-state index is 0.0260. The number of rotatable bonds is 3. The van der Waals surface area contributed by atoms with Gasteiger partial charge in [-0.2, -0.15) is 5.10 Å². The Balaban J connectivity index is 1.62. The summed E-state index contributed by atoms with van der Waals surface area (Å²) < 4.78 is 7.07. The van der Waals surface area contributed by atoms with E-state index in [0.29, 0.717) is 5.56 Å². The van der Waals surface area contributed by atoms with Gasteiger partial charge < -0.3 is 9.64 Å². The van der Waals surface area contributed by atoms with Crippen molar-refractivity contribution in [1.82, 2.24) is 9.78 Å². The van der Waals surface area contributed by atoms with E-state index in [-0.39, 0.29) is 5.91 Å². The Kier molecular flexibility index (Phi) is 3.98. The number of fused-ring (bicyclic) bond motifs is 1. The molecule has 1 aromatic heterocycles. The van der Waals surface area contributed by atoms with Crippen LogP contribution in [0.15, 0.2) is 60.9 Å². The molecule has 0 spiro atoms. The summed E-state index contributed by atoms with van der Waals surface area (Å²) >= 11 is 0. The number of anilines is 1. The number of nitrogens with zero attached hydrogens (tertiary/aromatic N) is 3. The third-order valence-corrected chi connectivity index (χ3v) is 4.53. The van der Waals surface area contributed by atoms with Crippen LogP contribution < -0.4 is 9.64 Å². The van der Waals surface area contributed by atoms with Crippen molar-refractivity contribution < 1.29 is 9.53 Å². The largest absolute Gasteiger partial charge is 0.497 e. The predicted molar refractivity (Wildman–Crippen MR) is 96.6 cm³/mol. The lowest BCUT2D eigenvalue weighted by Crippen LogP contribution is -2.35. The molecule has 0 aliphatic carbocycles. The van der Waals surface area contributed by atoms with Crippen LogP contribution in [0.5, 0.6) is 5.75 Å². The zero-order chi connectivity index (χ0) is 17.2. The predicted octanol–water partition coefficient (Wildman–Crippen LogP) is 3.47. The van der Waals surface area contributed by atoms with Crippen molar-refractivity contribution in [2.45, 2.75) is 12.8 Å². The van der Waals surface area contributed by atoms with Gasteiger partial charge in [0.2, 0.25) is 0 Å². The molecule has 0 bridgehead atoms. The van der Waals surface area contributed by atoms with Crippen LogP contribution >= 0.6 is 0 Å². The fourth-order valence-corrected chi connectivity index (χ4v) is 3.25. The average Bonchev–Trinajstić information content (AvgIpc) is 3.21. The maximum Gasteiger partial charge on any atom is 0.258 e. The molecule has 0 saturated heterocycles. The Morgan fingerprint density at radius 3 is 2.72 bits per heavy atom. The molecule has 0 fully saturated rings. The number of hydrogen-bond donors (Lipinski definition) is 0. The van der Waals surface area contributed by atoms with Crippen LogP contribution in [-0.2, 0) is 6.42 Å². The van der Waals surface area contributed by atoms with Crippen molar-refractivity contribution in [3.8, 4) is 11.4 Å². The minimum atomic E-state index is 0.0260. The van der Waals surface area contributed by atoms with Gasteiger partial charge in [-0.1, -0.05) is 0 Å². The van der Waals surface area contributed by atoms with E-state index < -0.39 is 0 Å². The van der Waals surface area contributed by atoms with E-state index >= 15 is 0 Å². The van der Waals surface area contributed by atoms with Crippen LogP contribution in [0.2, 0.25) is 0 Å². The van der Waals surface area contributed by atoms with Crippen molar-refractivity contribution in [1.29, 1.82) is 0 Å². The summed E-state index contributed by atoms with van der Waals surface area (Å²) in [5.41, 5.74) is 3.75. The number of carbonyl (C=O) groups excluding carboxylic acids is 1. The fourth-order valence-electron chi connectivity index (χ4n) is 3.25. The van der Waals surface area contributed by atoms with Crippen LogP contribution in [0.4, 0.5) is 5.69 Å². The molecule has 2 aromatic carbocycles. The van der Waals surface area contributed by atoms with Gasteiger partial charge in [0.1, 0.15) is 5.75 Å². The summed E-state index contributed by atoms with van der Waals surface area (Å²) in [4.78, 5) is 14.8. The summed E-state index contributed by atoms with van der Waals surface area (Å²) in [7, 11) is 1.66. The highest BCUT2D eigenvalue weighted by Crippen LogP contribution is 2.31. The third-order valence-electron chi connectivity index (χ3n) is 4.53. The molecule has 0 radical (unpaired) electrons. The van der Waals surface area contributed by atoms with Crippen molar-refractivity contribution >= 4 is 11.6 Å². The van der Waals surface area contributed by atoms with E-state index in [1.165, 1.54) is 0 Å². The summed E-state index contributed by atoms with van der Waals surface area (Å²) in [5, 5.41) is 4.21. The number of methoxy groups -OCH3 is 1. The number of ether oxygens (including phenoxy) is 1. The van der Waals surface area contributed by atoms with E-state index in [2.05, 4.69) is 5.10 Å². The minimum Gasteiger partial charge on any atom is -0.497 e. The monoisotopic (exact) mass is 333 g/mol. The maximum absolute atomic E-state index is 13.0. The first kappa shape index (κ1) is 15.4. The first-order valence-electron chi connectivity index (χ1n) is 8.35. The number of benzene rings is 2. The zero-order valence-electron chi connectivity index (χ0n) is 14.1. The van der Waals surface area contributed by atoms with E-state index in [1.54, 1.807) is 18.0 Å². The van der Waals surface area contributed by atoms with Gasteiger partial charge in [0, 0.05) is 30.2 Å². The molecule has 0 N–H and O–H groups in total. The highest BCUT2D eigenvalue weighted by Gasteiger charge is 2.24. The second kappa shape index (κ2) is 6.43. The number of hydrogen-bond acceptors (Lipinski definition) is 3. The van der Waals surface area contributed by atoms with Gasteiger partial charge in [0.25, 0.3) is 5.91 Å². The molecular formula is C20H19N3O2. The first-order valence-corrected chi connectivity index (χ1v) is 8.35. The van der Waals surface area contributed by atoms with Crippen molar-refractivity contribution in [3.05, 3.63) is 72.1 Å². The Hall–Kier alpha value is -3.08. The van der Waals surface area contributed by atoms with E-state index in [0.717, 1.165) is 42.1 Å². The van der Waals surface area contributed by atoms with Gasteiger partial charge in [-0.25, -0.2) is 4.68 Å². The molecule has 0 atom stereocenters. The zero-order valence-corrected chi connectivity index (χ0v) is 14.1. The molecule has 5 nitrogen and oxygen atoms in total. The highest BCUT2D eigenvalue weighted by atomic mass is 16.5. The fraction of sp³-hybridized carbons (Fsp3) is 0.200. The molecule has 1 aliphatic heterocycles. The van der Waals surface area contributed by atoms with Crippen molar-refractivity contribution in [3.63, 3.8) is 0 Å². The van der Waals surface area contributed by atoms with Crippen LogP contribution in [0, 0.1) is 0 Å². The molecule has 126 valence electrons. The van der Waals surface area contributed by atoms with Gasteiger partial charge in [-0.3, -0.25) is 4.79 Å². The Morgan fingerprint density at radius 1 is 1.16 bits per heavy atom. The van der Waals surface area contributed by atoms with E-state index in [1.807, 2.05) is 59.6 Å². The Morgan fingerprint density at radius 2 is 2.00 bits per heavy atom. The van der Waals surface area contributed by atoms with Gasteiger partial charge in [0.15, 0.2) is 0 Å². The molecule has 3 aromatic rings. The van der Waals surface area contributed by atoms with E-state index in [4.69, 9.17) is 4.74 Å². The highest BCUT2D eigenvalue weighted by molar-refractivity contribution is 6.06. The van der Waals surface area contributed by atoms with E-state index in [9.17, 15) is 4.79 Å². The van der Waals surface area contributed by atoms with Crippen LogP contribution in [-0.4, -0.2) is 29.3 Å². The Bertz CT molecular complexity index is 886. The van der Waals surface area contributed by atoms with Gasteiger partial charge in [0.05, 0.1) is 12.8 Å². The van der Waals surface area contributed by atoms with Gasteiger partial charge in [-0.05, 0) is 66.9 Å². The summed E-state index contributed by atoms with van der Waals surface area (Å²) in [5.74, 6) is 0.856. The third kappa shape index (κ3) is 2.89. The smallest absolute Gasteiger partial charge is 0.258 e. The lowest BCUT2D eigenvalue weighted by atomic mass is 10.0. The molecule has 4 rings (SSSR count). The number of aromatic nitrogens is 2. The van der Waals surface area contributed by atoms with Gasteiger partial charge >= 0.3 is 0 Å². The molecule has 5 heteroatoms. The number of amides is 1. The lowest BCUT2D eigenvalue weighted by molar-refractivity contribution is 0.0985. The normalized spacial score (nSPS) is 13.4. The number of aryl methyl sites for hydroxylation is 1. The van der Waals surface area contributed by atoms with Crippen molar-refractivity contribution in [2.24, 2.45) is 0 Å².